The number of ether oxygens (including phenoxy) is 1. The van der Waals surface area contributed by atoms with Gasteiger partial charge in [0, 0.05) is 0 Å². The van der Waals surface area contributed by atoms with Crippen molar-refractivity contribution in [2.45, 2.75) is 30.2 Å². The number of rotatable bonds is 5. The molecule has 3 atom stereocenters. The number of aromatic amines is 1. The fraction of sp³-hybridized carbons (Fsp3) is 0.333. The van der Waals surface area contributed by atoms with Gasteiger partial charge >= 0.3 is 146 Å². The molecule has 0 radical (unpaired) electrons. The predicted octanol–water partition coefficient (Wildman–Crippen LogP) is 0.518. The first-order chi connectivity index (χ1) is 12.0. The van der Waals surface area contributed by atoms with Crippen molar-refractivity contribution in [3.05, 3.63) is 67.5 Å². The fourth-order valence-electron chi connectivity index (χ4n) is 2.57. The summed E-state index contributed by atoms with van der Waals surface area (Å²) in [6, 6.07) is 7.53. The Hall–Kier alpha value is -2.29. The summed E-state index contributed by atoms with van der Waals surface area (Å²) in [5.41, 5.74) is -1.17. The molecule has 2 aromatic rings. The molecule has 1 aliphatic rings. The topological polar surface area (TPSA) is 107 Å². The Morgan fingerprint density at radius 2 is 2.12 bits per heavy atom. The van der Waals surface area contributed by atoms with Crippen LogP contribution in [0.2, 0.25) is 5.32 Å². The average Bonchev–Trinajstić information content (AvgIpc) is 2.93. The van der Waals surface area contributed by atoms with Crippen molar-refractivity contribution in [1.29, 1.82) is 0 Å². The summed E-state index contributed by atoms with van der Waals surface area (Å²) in [5.74, 6) is 0. The van der Waals surface area contributed by atoms with Crippen LogP contribution in [0.1, 0.15) is 12.6 Å². The molecule has 0 spiro atoms. The van der Waals surface area contributed by atoms with Gasteiger partial charge in [-0.3, -0.25) is 0 Å². The molecular formula is C15H14FN3O5Se. The van der Waals surface area contributed by atoms with Gasteiger partial charge in [-0.15, -0.1) is 0 Å². The molecule has 8 nitrogen and oxygen atoms in total. The van der Waals surface area contributed by atoms with E-state index in [0.717, 1.165) is 4.57 Å². The van der Waals surface area contributed by atoms with Crippen molar-refractivity contribution in [3.63, 3.8) is 0 Å². The third-order valence-electron chi connectivity index (χ3n) is 3.79. The molecule has 1 aromatic heterocycles. The van der Waals surface area contributed by atoms with E-state index in [9.17, 15) is 24.1 Å². The van der Waals surface area contributed by atoms with Crippen LogP contribution in [0.4, 0.5) is 10.1 Å². The molecule has 2 heterocycles. The van der Waals surface area contributed by atoms with E-state index in [2.05, 4.69) is 4.98 Å². The Morgan fingerprint density at radius 1 is 1.36 bits per heavy atom. The zero-order valence-electron chi connectivity index (χ0n) is 12.8. The number of nitro benzene ring substituents is 1. The predicted molar refractivity (Wildman–Crippen MR) is 88.0 cm³/mol. The van der Waals surface area contributed by atoms with Crippen LogP contribution in [0.5, 0.6) is 0 Å². The maximum absolute atomic E-state index is 14.3. The second kappa shape index (κ2) is 7.30. The molecule has 10 heteroatoms. The van der Waals surface area contributed by atoms with E-state index in [1.54, 1.807) is 18.2 Å². The van der Waals surface area contributed by atoms with Gasteiger partial charge in [0.25, 0.3) is 0 Å². The SMILES string of the molecule is O=c1ccn([C@@H]2CC(F)[C@H](C[Se]c3ccccc3[N+](=O)[O-])O2)c(=O)[nH]1. The zero-order valence-corrected chi connectivity index (χ0v) is 14.5. The molecule has 0 amide bonds. The third-order valence-corrected chi connectivity index (χ3v) is 6.20. The van der Waals surface area contributed by atoms with Crippen LogP contribution in [0.25, 0.3) is 0 Å². The van der Waals surface area contributed by atoms with E-state index in [1.807, 2.05) is 0 Å². The van der Waals surface area contributed by atoms with Crippen molar-refractivity contribution in [2.75, 3.05) is 0 Å². The number of nitrogens with zero attached hydrogens (tertiary/aromatic N) is 2. The Balaban J connectivity index is 1.70. The molecule has 0 aliphatic carbocycles. The van der Waals surface area contributed by atoms with Gasteiger partial charge in [0.05, 0.1) is 0 Å². The van der Waals surface area contributed by atoms with Gasteiger partial charge in [-0.1, -0.05) is 0 Å². The molecule has 1 fully saturated rings. The summed E-state index contributed by atoms with van der Waals surface area (Å²) < 4.78 is 21.6. The van der Waals surface area contributed by atoms with Crippen molar-refractivity contribution < 1.29 is 14.1 Å². The van der Waals surface area contributed by atoms with Gasteiger partial charge in [0.1, 0.15) is 0 Å². The van der Waals surface area contributed by atoms with E-state index in [0.29, 0.717) is 9.78 Å². The summed E-state index contributed by atoms with van der Waals surface area (Å²) in [7, 11) is 0. The third kappa shape index (κ3) is 3.87. The van der Waals surface area contributed by atoms with Gasteiger partial charge in [-0.2, -0.15) is 0 Å². The molecule has 0 saturated carbocycles. The zero-order chi connectivity index (χ0) is 18.0. The van der Waals surface area contributed by atoms with Crippen molar-refractivity contribution in [1.82, 2.24) is 9.55 Å². The first kappa shape index (κ1) is 17.5. The Bertz CT molecular complexity index is 899. The van der Waals surface area contributed by atoms with E-state index in [-0.39, 0.29) is 27.1 Å². The van der Waals surface area contributed by atoms with Crippen LogP contribution in [-0.2, 0) is 4.74 Å². The second-order valence-electron chi connectivity index (χ2n) is 5.43. The van der Waals surface area contributed by atoms with Crippen LogP contribution in [0.3, 0.4) is 0 Å². The number of nitro groups is 1. The van der Waals surface area contributed by atoms with Gasteiger partial charge < -0.3 is 0 Å². The van der Waals surface area contributed by atoms with E-state index < -0.39 is 34.7 Å². The van der Waals surface area contributed by atoms with E-state index >= 15 is 0 Å². The molecule has 0 bridgehead atoms. The molecule has 1 unspecified atom stereocenters. The Labute approximate surface area is 146 Å². The standard InChI is InChI=1S/C15H14FN3O5Se/c16-9-7-14(18-6-5-13(20)17-15(18)21)24-11(9)8-25-12-4-2-1-3-10(12)19(22)23/h1-6,9,11,14H,7-8H2,(H,17,20,21)/t9?,11-,14-/m0/s1. The Kier molecular flexibility index (Phi) is 5.12. The van der Waals surface area contributed by atoms with Gasteiger partial charge in [0.2, 0.25) is 0 Å². The molecule has 1 N–H and O–H groups in total. The maximum atomic E-state index is 14.3. The van der Waals surface area contributed by atoms with Gasteiger partial charge in [-0.25, -0.2) is 0 Å². The summed E-state index contributed by atoms with van der Waals surface area (Å²) >= 11 is -0.344. The van der Waals surface area contributed by atoms with Crippen molar-refractivity contribution in [3.8, 4) is 0 Å². The van der Waals surface area contributed by atoms with Crippen molar-refractivity contribution in [2.24, 2.45) is 0 Å². The molecule has 1 saturated heterocycles. The number of hydrogen-bond acceptors (Lipinski definition) is 5. The minimum absolute atomic E-state index is 0.0103. The summed E-state index contributed by atoms with van der Waals surface area (Å²) in [6.45, 7) is 0. The van der Waals surface area contributed by atoms with Crippen LogP contribution in [0, 0.1) is 10.1 Å². The Morgan fingerprint density at radius 3 is 2.84 bits per heavy atom. The van der Waals surface area contributed by atoms with E-state index in [4.69, 9.17) is 4.74 Å². The second-order valence-corrected chi connectivity index (χ2v) is 7.66. The first-order valence-corrected chi connectivity index (χ1v) is 9.49. The number of aromatic nitrogens is 2. The first-order valence-electron chi connectivity index (χ1n) is 7.43. The number of alkyl halides is 1. The van der Waals surface area contributed by atoms with Crippen molar-refractivity contribution >= 4 is 25.1 Å². The van der Waals surface area contributed by atoms with Crippen LogP contribution in [0.15, 0.2) is 46.1 Å². The monoisotopic (exact) mass is 415 g/mol. The van der Waals surface area contributed by atoms with E-state index in [1.165, 1.54) is 18.3 Å². The molecule has 25 heavy (non-hydrogen) atoms. The average molecular weight is 414 g/mol. The van der Waals surface area contributed by atoms with Crippen LogP contribution < -0.4 is 15.7 Å². The molecule has 1 aliphatic heterocycles. The number of halogens is 1. The normalized spacial score (nSPS) is 22.8. The number of H-pyrrole nitrogens is 1. The molecular weight excluding hydrogens is 400 g/mol. The minimum atomic E-state index is -1.28. The quantitative estimate of drug-likeness (QED) is 0.436. The summed E-state index contributed by atoms with van der Waals surface area (Å²) in [6.07, 6.45) is -1.57. The summed E-state index contributed by atoms with van der Waals surface area (Å²) in [5, 5.41) is 11.3. The molecule has 132 valence electrons. The van der Waals surface area contributed by atoms with Crippen LogP contribution >= 0.6 is 0 Å². The molecule has 1 aromatic carbocycles. The number of para-hydroxylation sites is 1. The van der Waals surface area contributed by atoms with Crippen LogP contribution in [-0.4, -0.2) is 41.7 Å². The number of benzene rings is 1. The fourth-order valence-corrected chi connectivity index (χ4v) is 4.87. The molecule has 3 rings (SSSR count). The number of nitrogens with one attached hydrogen (secondary N) is 1. The summed E-state index contributed by atoms with van der Waals surface area (Å²) in [4.78, 5) is 35.5. The van der Waals surface area contributed by atoms with Gasteiger partial charge in [0.15, 0.2) is 0 Å². The van der Waals surface area contributed by atoms with Gasteiger partial charge in [-0.05, 0) is 0 Å². The number of hydrogen-bond donors (Lipinski definition) is 1.